The minimum absolute atomic E-state index is 0.130. The molecule has 0 saturated carbocycles. The molecule has 16 heavy (non-hydrogen) atoms. The summed E-state index contributed by atoms with van der Waals surface area (Å²) in [6.45, 7) is 3.09. The molecule has 1 aliphatic heterocycles. The first-order chi connectivity index (χ1) is 7.42. The van der Waals surface area contributed by atoms with Crippen molar-refractivity contribution in [2.24, 2.45) is 0 Å². The number of fused-ring (bicyclic) bond motifs is 1. The van der Waals surface area contributed by atoms with Crippen molar-refractivity contribution >= 4 is 27.7 Å². The summed E-state index contributed by atoms with van der Waals surface area (Å²) in [6, 6.07) is 5.43. The highest BCUT2D eigenvalue weighted by Crippen LogP contribution is 2.30. The smallest absolute Gasteiger partial charge is 0.339 e. The van der Waals surface area contributed by atoms with Crippen LogP contribution in [0.5, 0.6) is 0 Å². The number of Topliss-reactive ketones (excluding diaryl/α,β-unsaturated/α-hetero) is 1. The number of carbonyl (C=O) groups is 2. The molecule has 1 aromatic rings. The maximum absolute atomic E-state index is 11.8. The van der Waals surface area contributed by atoms with Crippen LogP contribution in [0.15, 0.2) is 22.7 Å². The Morgan fingerprint density at radius 1 is 1.50 bits per heavy atom. The van der Waals surface area contributed by atoms with Gasteiger partial charge in [-0.15, -0.1) is 0 Å². The molecule has 0 radical (unpaired) electrons. The van der Waals surface area contributed by atoms with E-state index >= 15 is 0 Å². The molecule has 2 rings (SSSR count). The Bertz CT molecular complexity index is 481. The normalized spacial score (nSPS) is 23.6. The topological polar surface area (TPSA) is 43.4 Å². The molecule has 0 N–H and O–H groups in total. The standard InChI is InChI=1S/C12H11BrO3/c1-7(14)12(2)6-8-3-4-9(13)5-10(8)11(15)16-12/h3-5H,6H2,1-2H3. The van der Waals surface area contributed by atoms with Crippen molar-refractivity contribution in [3.8, 4) is 0 Å². The third-order valence-corrected chi connectivity index (χ3v) is 3.38. The van der Waals surface area contributed by atoms with Gasteiger partial charge in [0.25, 0.3) is 0 Å². The molecule has 0 saturated heterocycles. The molecular formula is C12H11BrO3. The van der Waals surface area contributed by atoms with E-state index in [1.54, 1.807) is 13.0 Å². The van der Waals surface area contributed by atoms with E-state index in [-0.39, 0.29) is 5.78 Å². The number of ether oxygens (including phenoxy) is 1. The van der Waals surface area contributed by atoms with Crippen molar-refractivity contribution < 1.29 is 14.3 Å². The van der Waals surface area contributed by atoms with Crippen LogP contribution >= 0.6 is 15.9 Å². The highest BCUT2D eigenvalue weighted by Gasteiger charge is 2.40. The summed E-state index contributed by atoms with van der Waals surface area (Å²) in [5, 5.41) is 0. The maximum atomic E-state index is 11.8. The zero-order valence-corrected chi connectivity index (χ0v) is 10.6. The molecule has 3 nitrogen and oxygen atoms in total. The predicted molar refractivity (Wildman–Crippen MR) is 62.3 cm³/mol. The molecule has 0 aromatic heterocycles. The summed E-state index contributed by atoms with van der Waals surface area (Å²) < 4.78 is 6.04. The second-order valence-corrected chi connectivity index (χ2v) is 5.07. The van der Waals surface area contributed by atoms with E-state index < -0.39 is 11.6 Å². The highest BCUT2D eigenvalue weighted by molar-refractivity contribution is 9.10. The quantitative estimate of drug-likeness (QED) is 0.744. The van der Waals surface area contributed by atoms with Crippen LogP contribution in [0, 0.1) is 0 Å². The summed E-state index contributed by atoms with van der Waals surface area (Å²) >= 11 is 3.30. The van der Waals surface area contributed by atoms with Crippen molar-refractivity contribution in [3.63, 3.8) is 0 Å². The van der Waals surface area contributed by atoms with E-state index in [0.29, 0.717) is 12.0 Å². The number of esters is 1. The Kier molecular flexibility index (Phi) is 2.62. The lowest BCUT2D eigenvalue weighted by atomic mass is 9.87. The van der Waals surface area contributed by atoms with Gasteiger partial charge in [-0.05, 0) is 31.5 Å². The number of hydrogen-bond acceptors (Lipinski definition) is 3. The predicted octanol–water partition coefficient (Wildman–Crippen LogP) is 2.51. The van der Waals surface area contributed by atoms with Gasteiger partial charge in [-0.1, -0.05) is 22.0 Å². The third-order valence-electron chi connectivity index (χ3n) is 2.88. The van der Waals surface area contributed by atoms with Gasteiger partial charge in [0, 0.05) is 10.9 Å². The van der Waals surface area contributed by atoms with E-state index in [0.717, 1.165) is 10.0 Å². The largest absolute Gasteiger partial charge is 0.447 e. The van der Waals surface area contributed by atoms with Gasteiger partial charge >= 0.3 is 5.97 Å². The molecule has 1 unspecified atom stereocenters. The number of benzene rings is 1. The molecule has 0 bridgehead atoms. The van der Waals surface area contributed by atoms with Crippen LogP contribution in [-0.4, -0.2) is 17.4 Å². The maximum Gasteiger partial charge on any atom is 0.339 e. The second kappa shape index (κ2) is 3.70. The number of halogens is 1. The number of carbonyl (C=O) groups excluding carboxylic acids is 2. The van der Waals surface area contributed by atoms with Crippen molar-refractivity contribution in [2.75, 3.05) is 0 Å². The monoisotopic (exact) mass is 282 g/mol. The first kappa shape index (κ1) is 11.3. The molecule has 1 heterocycles. The van der Waals surface area contributed by atoms with Crippen LogP contribution in [0.2, 0.25) is 0 Å². The summed E-state index contributed by atoms with van der Waals surface area (Å²) in [6.07, 6.45) is 0.441. The lowest BCUT2D eigenvalue weighted by Crippen LogP contribution is -2.44. The van der Waals surface area contributed by atoms with Crippen molar-refractivity contribution in [1.82, 2.24) is 0 Å². The van der Waals surface area contributed by atoms with Crippen molar-refractivity contribution in [3.05, 3.63) is 33.8 Å². The van der Waals surface area contributed by atoms with Gasteiger partial charge in [-0.2, -0.15) is 0 Å². The van der Waals surface area contributed by atoms with Gasteiger partial charge in [-0.25, -0.2) is 4.79 Å². The fourth-order valence-corrected chi connectivity index (χ4v) is 2.11. The first-order valence-corrected chi connectivity index (χ1v) is 5.74. The second-order valence-electron chi connectivity index (χ2n) is 4.15. The van der Waals surface area contributed by atoms with Gasteiger partial charge in [0.1, 0.15) is 0 Å². The number of hydrogen-bond donors (Lipinski definition) is 0. The minimum atomic E-state index is -1.02. The number of rotatable bonds is 1. The molecule has 84 valence electrons. The number of cyclic esters (lactones) is 1. The van der Waals surface area contributed by atoms with E-state index in [1.807, 2.05) is 12.1 Å². The zero-order valence-electron chi connectivity index (χ0n) is 9.04. The van der Waals surface area contributed by atoms with Gasteiger partial charge in [0.2, 0.25) is 0 Å². The van der Waals surface area contributed by atoms with Gasteiger partial charge in [-0.3, -0.25) is 4.79 Å². The highest BCUT2D eigenvalue weighted by atomic mass is 79.9. The molecule has 0 fully saturated rings. The molecule has 4 heteroatoms. The fourth-order valence-electron chi connectivity index (χ4n) is 1.75. The van der Waals surface area contributed by atoms with Gasteiger partial charge in [0.15, 0.2) is 11.4 Å². The van der Waals surface area contributed by atoms with Crippen LogP contribution < -0.4 is 0 Å². The lowest BCUT2D eigenvalue weighted by Gasteiger charge is -2.32. The molecule has 1 aromatic carbocycles. The Hall–Kier alpha value is -1.16. The Labute approximate surface area is 102 Å². The Morgan fingerprint density at radius 3 is 2.81 bits per heavy atom. The summed E-state index contributed by atoms with van der Waals surface area (Å²) in [4.78, 5) is 23.2. The summed E-state index contributed by atoms with van der Waals surface area (Å²) in [7, 11) is 0. The first-order valence-electron chi connectivity index (χ1n) is 4.95. The van der Waals surface area contributed by atoms with Crippen LogP contribution in [0.25, 0.3) is 0 Å². The summed E-state index contributed by atoms with van der Waals surface area (Å²) in [5.41, 5.74) is 0.378. The SMILES string of the molecule is CC(=O)C1(C)Cc2ccc(Br)cc2C(=O)O1. The van der Waals surface area contributed by atoms with Crippen molar-refractivity contribution in [1.29, 1.82) is 0 Å². The summed E-state index contributed by atoms with van der Waals surface area (Å²) in [5.74, 6) is -0.560. The third kappa shape index (κ3) is 1.78. The van der Waals surface area contributed by atoms with E-state index in [1.165, 1.54) is 6.92 Å². The molecule has 0 amide bonds. The molecule has 1 aliphatic rings. The fraction of sp³-hybridized carbons (Fsp3) is 0.333. The van der Waals surface area contributed by atoms with E-state index in [4.69, 9.17) is 4.74 Å². The van der Waals surface area contributed by atoms with E-state index in [9.17, 15) is 9.59 Å². The average Bonchev–Trinajstić information content (AvgIpc) is 2.19. The Morgan fingerprint density at radius 2 is 2.19 bits per heavy atom. The lowest BCUT2D eigenvalue weighted by molar-refractivity contribution is -0.135. The molecular weight excluding hydrogens is 272 g/mol. The van der Waals surface area contributed by atoms with E-state index in [2.05, 4.69) is 15.9 Å². The molecule has 0 aliphatic carbocycles. The number of ketones is 1. The van der Waals surface area contributed by atoms with Gasteiger partial charge < -0.3 is 4.74 Å². The Balaban J connectivity index is 2.49. The van der Waals surface area contributed by atoms with Crippen molar-refractivity contribution in [2.45, 2.75) is 25.9 Å². The van der Waals surface area contributed by atoms with Gasteiger partial charge in [0.05, 0.1) is 5.56 Å². The minimum Gasteiger partial charge on any atom is -0.447 e. The van der Waals surface area contributed by atoms with Crippen LogP contribution in [0.4, 0.5) is 0 Å². The van der Waals surface area contributed by atoms with Crippen LogP contribution in [0.3, 0.4) is 0 Å². The van der Waals surface area contributed by atoms with Crippen LogP contribution in [-0.2, 0) is 16.0 Å². The molecule has 0 spiro atoms. The zero-order chi connectivity index (χ0) is 11.9. The average molecular weight is 283 g/mol. The molecule has 1 atom stereocenters. The van der Waals surface area contributed by atoms with Crippen LogP contribution in [0.1, 0.15) is 29.8 Å².